The Morgan fingerprint density at radius 1 is 0.970 bits per heavy atom. The monoisotopic (exact) mass is 493 g/mol. The average molecular weight is 494 g/mol. The molecule has 1 saturated heterocycles. The van der Waals surface area contributed by atoms with E-state index in [1.54, 1.807) is 23.7 Å². The van der Waals surface area contributed by atoms with E-state index in [0.29, 0.717) is 18.7 Å². The molecule has 0 saturated carbocycles. The summed E-state index contributed by atoms with van der Waals surface area (Å²) in [5, 5.41) is 10.1. The molecule has 168 valence electrons. The summed E-state index contributed by atoms with van der Waals surface area (Å²) in [4.78, 5) is 18.0. The Morgan fingerprint density at radius 2 is 1.73 bits per heavy atom. The van der Waals surface area contributed by atoms with Crippen molar-refractivity contribution in [2.45, 2.75) is 28.5 Å². The maximum atomic E-state index is 12.9. The summed E-state index contributed by atoms with van der Waals surface area (Å²) in [6.07, 6.45) is 0. The molecule has 7 heteroatoms. The number of halogens is 1. The Bertz CT molecular complexity index is 1200. The lowest BCUT2D eigenvalue weighted by molar-refractivity contribution is 0.0703. The van der Waals surface area contributed by atoms with Crippen LogP contribution in [0.2, 0.25) is 5.02 Å². The van der Waals surface area contributed by atoms with Gasteiger partial charge in [-0.05, 0) is 79.4 Å². The van der Waals surface area contributed by atoms with Crippen LogP contribution in [0.15, 0.2) is 75.4 Å². The van der Waals surface area contributed by atoms with Crippen molar-refractivity contribution in [2.24, 2.45) is 0 Å². The van der Waals surface area contributed by atoms with Crippen LogP contribution in [0.3, 0.4) is 0 Å². The van der Waals surface area contributed by atoms with E-state index in [1.165, 1.54) is 0 Å². The average Bonchev–Trinajstić information content (AvgIpc) is 2.80. The summed E-state index contributed by atoms with van der Waals surface area (Å²) in [6.45, 7) is 6.88. The molecule has 0 aromatic heterocycles. The van der Waals surface area contributed by atoms with Gasteiger partial charge in [-0.1, -0.05) is 41.6 Å². The zero-order valence-electron chi connectivity index (χ0n) is 18.5. The summed E-state index contributed by atoms with van der Waals surface area (Å²) in [6, 6.07) is 21.8. The fourth-order valence-electron chi connectivity index (χ4n) is 3.73. The number of hydrogen-bond donors (Lipinski definition) is 0. The van der Waals surface area contributed by atoms with Crippen molar-refractivity contribution in [2.75, 3.05) is 26.2 Å². The normalized spacial score (nSPS) is 14.2. The zero-order chi connectivity index (χ0) is 23.4. The molecule has 0 unspecified atom stereocenters. The minimum atomic E-state index is 0.0943. The SMILES string of the molecule is Cc1cc(Cl)cc(Sc2ccc(C#N)cc2SN2CCN(C(=O)c3ccccc3C)CC2)c1. The van der Waals surface area contributed by atoms with Crippen LogP contribution in [0.1, 0.15) is 27.0 Å². The number of nitrogens with zero attached hydrogens (tertiary/aromatic N) is 3. The summed E-state index contributed by atoms with van der Waals surface area (Å²) in [7, 11) is 0. The summed E-state index contributed by atoms with van der Waals surface area (Å²) in [5.74, 6) is 0.0943. The highest BCUT2D eigenvalue weighted by Gasteiger charge is 2.24. The highest BCUT2D eigenvalue weighted by Crippen LogP contribution is 2.39. The van der Waals surface area contributed by atoms with Crippen LogP contribution >= 0.6 is 35.3 Å². The zero-order valence-corrected chi connectivity index (χ0v) is 20.9. The van der Waals surface area contributed by atoms with Crippen molar-refractivity contribution in [3.63, 3.8) is 0 Å². The van der Waals surface area contributed by atoms with Gasteiger partial charge in [-0.25, -0.2) is 4.31 Å². The highest BCUT2D eigenvalue weighted by molar-refractivity contribution is 8.01. The molecule has 4 nitrogen and oxygen atoms in total. The van der Waals surface area contributed by atoms with Gasteiger partial charge in [0.25, 0.3) is 5.91 Å². The minimum Gasteiger partial charge on any atom is -0.336 e. The number of carbonyl (C=O) groups is 1. The van der Waals surface area contributed by atoms with E-state index in [9.17, 15) is 10.1 Å². The number of amides is 1. The quantitative estimate of drug-likeness (QED) is 0.382. The molecule has 1 heterocycles. The molecule has 3 aromatic rings. The number of benzene rings is 3. The minimum absolute atomic E-state index is 0.0943. The van der Waals surface area contributed by atoms with E-state index >= 15 is 0 Å². The van der Waals surface area contributed by atoms with Gasteiger partial charge in [0.1, 0.15) is 0 Å². The van der Waals surface area contributed by atoms with Crippen molar-refractivity contribution >= 4 is 41.2 Å². The Hall–Kier alpha value is -2.43. The molecule has 33 heavy (non-hydrogen) atoms. The van der Waals surface area contributed by atoms with Crippen molar-refractivity contribution in [3.8, 4) is 6.07 Å². The Balaban J connectivity index is 1.46. The third-order valence-electron chi connectivity index (χ3n) is 5.45. The maximum Gasteiger partial charge on any atom is 0.254 e. The molecule has 0 bridgehead atoms. The predicted octanol–water partition coefficient (Wildman–Crippen LogP) is 6.44. The van der Waals surface area contributed by atoms with E-state index < -0.39 is 0 Å². The molecule has 1 amide bonds. The van der Waals surface area contributed by atoms with Gasteiger partial charge < -0.3 is 4.90 Å². The van der Waals surface area contributed by atoms with E-state index in [1.807, 2.05) is 73.3 Å². The number of nitriles is 1. The van der Waals surface area contributed by atoms with Crippen molar-refractivity contribution < 1.29 is 4.79 Å². The lowest BCUT2D eigenvalue weighted by atomic mass is 10.1. The smallest absolute Gasteiger partial charge is 0.254 e. The first-order valence-electron chi connectivity index (χ1n) is 10.7. The molecule has 0 atom stereocenters. The van der Waals surface area contributed by atoms with Crippen LogP contribution in [0.5, 0.6) is 0 Å². The topological polar surface area (TPSA) is 47.3 Å². The van der Waals surface area contributed by atoms with Gasteiger partial charge in [0.15, 0.2) is 0 Å². The van der Waals surface area contributed by atoms with Crippen LogP contribution in [-0.2, 0) is 0 Å². The van der Waals surface area contributed by atoms with E-state index in [2.05, 4.69) is 16.4 Å². The van der Waals surface area contributed by atoms with Gasteiger partial charge in [-0.3, -0.25) is 4.79 Å². The number of piperazine rings is 1. The van der Waals surface area contributed by atoms with Crippen LogP contribution in [0.25, 0.3) is 0 Å². The predicted molar refractivity (Wildman–Crippen MR) is 136 cm³/mol. The first kappa shape index (κ1) is 23.7. The third-order valence-corrected chi connectivity index (χ3v) is 8.00. The number of carbonyl (C=O) groups excluding carboxylic acids is 1. The number of aryl methyl sites for hydroxylation is 2. The Kier molecular flexibility index (Phi) is 7.67. The molecule has 0 spiro atoms. The first-order valence-corrected chi connectivity index (χ1v) is 12.7. The molecule has 0 N–H and O–H groups in total. The lowest BCUT2D eigenvalue weighted by Gasteiger charge is -2.34. The van der Waals surface area contributed by atoms with Crippen LogP contribution < -0.4 is 0 Å². The molecule has 1 aliphatic rings. The number of hydrogen-bond acceptors (Lipinski definition) is 5. The largest absolute Gasteiger partial charge is 0.336 e. The fourth-order valence-corrected chi connectivity index (χ4v) is 6.26. The molecule has 3 aromatic carbocycles. The van der Waals surface area contributed by atoms with Gasteiger partial charge in [0, 0.05) is 51.5 Å². The van der Waals surface area contributed by atoms with Gasteiger partial charge in [0.05, 0.1) is 11.6 Å². The van der Waals surface area contributed by atoms with Crippen molar-refractivity contribution in [1.82, 2.24) is 9.21 Å². The van der Waals surface area contributed by atoms with E-state index in [4.69, 9.17) is 11.6 Å². The highest BCUT2D eigenvalue weighted by atomic mass is 35.5. The Labute approximate surface area is 208 Å². The van der Waals surface area contributed by atoms with E-state index in [-0.39, 0.29) is 5.91 Å². The van der Waals surface area contributed by atoms with Gasteiger partial charge in [0.2, 0.25) is 0 Å². The van der Waals surface area contributed by atoms with Crippen LogP contribution in [0, 0.1) is 25.2 Å². The lowest BCUT2D eigenvalue weighted by Crippen LogP contribution is -2.46. The molecule has 4 rings (SSSR count). The second-order valence-electron chi connectivity index (χ2n) is 7.97. The van der Waals surface area contributed by atoms with E-state index in [0.717, 1.165) is 49.5 Å². The first-order chi connectivity index (χ1) is 15.9. The second-order valence-corrected chi connectivity index (χ2v) is 10.7. The molecule has 1 aliphatic heterocycles. The summed E-state index contributed by atoms with van der Waals surface area (Å²) >= 11 is 9.55. The van der Waals surface area contributed by atoms with Crippen molar-refractivity contribution in [1.29, 1.82) is 5.26 Å². The van der Waals surface area contributed by atoms with Gasteiger partial charge in [-0.15, -0.1) is 0 Å². The molecular formula is C26H24ClN3OS2. The summed E-state index contributed by atoms with van der Waals surface area (Å²) in [5.41, 5.74) is 3.53. The molecule has 1 fully saturated rings. The third kappa shape index (κ3) is 5.93. The van der Waals surface area contributed by atoms with Crippen LogP contribution in [-0.4, -0.2) is 41.3 Å². The van der Waals surface area contributed by atoms with Gasteiger partial charge in [-0.2, -0.15) is 5.26 Å². The maximum absolute atomic E-state index is 12.9. The number of rotatable bonds is 5. The molecule has 0 radical (unpaired) electrons. The Morgan fingerprint density at radius 3 is 2.42 bits per heavy atom. The summed E-state index contributed by atoms with van der Waals surface area (Å²) < 4.78 is 2.27. The van der Waals surface area contributed by atoms with Crippen molar-refractivity contribution in [3.05, 3.63) is 87.9 Å². The second kappa shape index (κ2) is 10.7. The fraction of sp³-hybridized carbons (Fsp3) is 0.231. The molecular weight excluding hydrogens is 470 g/mol. The standard InChI is InChI=1S/C26H24ClN3OS2/c1-18-13-21(27)16-22(14-18)32-24-8-7-20(17-28)15-25(24)33-30-11-9-29(10-12-30)26(31)23-6-4-3-5-19(23)2/h3-8,13-16H,9-12H2,1-2H3. The van der Waals surface area contributed by atoms with Gasteiger partial charge >= 0.3 is 0 Å². The molecule has 0 aliphatic carbocycles. The van der Waals surface area contributed by atoms with Crippen LogP contribution in [0.4, 0.5) is 0 Å².